The Morgan fingerprint density at radius 1 is 1.11 bits per heavy atom. The molecular formula is C15H10N2O2. The number of benzene rings is 1. The Balaban J connectivity index is 2.59. The van der Waals surface area contributed by atoms with Gasteiger partial charge < -0.3 is 0 Å². The molecule has 0 spiro atoms. The van der Waals surface area contributed by atoms with Gasteiger partial charge >= 0.3 is 0 Å². The van der Waals surface area contributed by atoms with Gasteiger partial charge in [-0.1, -0.05) is 36.9 Å². The van der Waals surface area contributed by atoms with Gasteiger partial charge in [0.1, 0.15) is 0 Å². The molecule has 0 fully saturated rings. The average molecular weight is 250 g/mol. The molecule has 0 saturated carbocycles. The normalized spacial score (nSPS) is 17.2. The highest BCUT2D eigenvalue weighted by atomic mass is 16.1. The third-order valence-corrected chi connectivity index (χ3v) is 2.83. The van der Waals surface area contributed by atoms with Crippen LogP contribution in [-0.2, 0) is 9.59 Å². The first-order chi connectivity index (χ1) is 9.27. The summed E-state index contributed by atoms with van der Waals surface area (Å²) in [4.78, 5) is 28.3. The van der Waals surface area contributed by atoms with Crippen molar-refractivity contribution in [1.29, 1.82) is 0 Å². The first-order valence-electron chi connectivity index (χ1n) is 5.59. The van der Waals surface area contributed by atoms with Gasteiger partial charge in [0.15, 0.2) is 0 Å². The van der Waals surface area contributed by atoms with Crippen LogP contribution in [0.3, 0.4) is 0 Å². The van der Waals surface area contributed by atoms with Gasteiger partial charge in [-0.15, -0.1) is 0 Å². The fourth-order valence-electron chi connectivity index (χ4n) is 2.05. The zero-order chi connectivity index (χ0) is 13.7. The number of carbonyl (C=O) groups excluding carboxylic acids is 2. The maximum Gasteiger partial charge on any atom is 0.240 e. The van der Waals surface area contributed by atoms with Gasteiger partial charge in [0, 0.05) is 0 Å². The van der Waals surface area contributed by atoms with E-state index < -0.39 is 0 Å². The lowest BCUT2D eigenvalue weighted by atomic mass is 9.85. The maximum absolute atomic E-state index is 10.5. The summed E-state index contributed by atoms with van der Waals surface area (Å²) in [6.45, 7) is 3.95. The predicted molar refractivity (Wildman–Crippen MR) is 71.4 cm³/mol. The summed E-state index contributed by atoms with van der Waals surface area (Å²) < 4.78 is 0. The van der Waals surface area contributed by atoms with Gasteiger partial charge in [0.05, 0.1) is 17.3 Å². The molecule has 4 heteroatoms. The molecule has 19 heavy (non-hydrogen) atoms. The van der Waals surface area contributed by atoms with Crippen molar-refractivity contribution >= 4 is 17.8 Å². The van der Waals surface area contributed by atoms with Crippen LogP contribution in [0.25, 0.3) is 0 Å². The van der Waals surface area contributed by atoms with Gasteiger partial charge in [0.2, 0.25) is 12.2 Å². The molecule has 1 unspecified atom stereocenters. The zero-order valence-corrected chi connectivity index (χ0v) is 10.0. The van der Waals surface area contributed by atoms with E-state index in [0.29, 0.717) is 11.4 Å². The summed E-state index contributed by atoms with van der Waals surface area (Å²) in [5, 5.41) is 0. The fourth-order valence-corrected chi connectivity index (χ4v) is 2.05. The average Bonchev–Trinajstić information content (AvgIpc) is 2.41. The van der Waals surface area contributed by atoms with Crippen LogP contribution in [0.5, 0.6) is 0 Å². The van der Waals surface area contributed by atoms with Crippen molar-refractivity contribution in [3.8, 4) is 0 Å². The summed E-state index contributed by atoms with van der Waals surface area (Å²) >= 11 is 0. The molecule has 4 nitrogen and oxygen atoms in total. The summed E-state index contributed by atoms with van der Waals surface area (Å²) in [7, 11) is 0. The minimum atomic E-state index is -0.306. The van der Waals surface area contributed by atoms with Crippen LogP contribution in [0.15, 0.2) is 70.3 Å². The first kappa shape index (κ1) is 12.7. The Kier molecular flexibility index (Phi) is 3.79. The van der Waals surface area contributed by atoms with Crippen molar-refractivity contribution in [2.75, 3.05) is 0 Å². The van der Waals surface area contributed by atoms with E-state index >= 15 is 0 Å². The first-order valence-corrected chi connectivity index (χ1v) is 5.59. The lowest BCUT2D eigenvalue weighted by Gasteiger charge is -2.21. The van der Waals surface area contributed by atoms with Crippen LogP contribution in [0.2, 0.25) is 0 Å². The Morgan fingerprint density at radius 3 is 2.58 bits per heavy atom. The van der Waals surface area contributed by atoms with Gasteiger partial charge in [-0.25, -0.2) is 9.59 Å². The second kappa shape index (κ2) is 5.69. The molecule has 1 aromatic rings. The predicted octanol–water partition coefficient (Wildman–Crippen LogP) is 3.08. The molecule has 0 N–H and O–H groups in total. The van der Waals surface area contributed by atoms with Crippen LogP contribution >= 0.6 is 0 Å². The van der Waals surface area contributed by atoms with Crippen LogP contribution in [0.1, 0.15) is 11.5 Å². The third-order valence-electron chi connectivity index (χ3n) is 2.83. The molecule has 0 bridgehead atoms. The number of hydrogen-bond acceptors (Lipinski definition) is 4. The fraction of sp³-hybridized carbons (Fsp3) is 0.0667. The molecule has 1 aromatic carbocycles. The van der Waals surface area contributed by atoms with E-state index in [-0.39, 0.29) is 5.92 Å². The number of hydrogen-bond donors (Lipinski definition) is 0. The van der Waals surface area contributed by atoms with Gasteiger partial charge in [-0.3, -0.25) is 0 Å². The SMILES string of the molecule is C=C1C=CC=C(N=C=O)C1c1ccccc1N=C=O. The van der Waals surface area contributed by atoms with E-state index in [9.17, 15) is 9.59 Å². The molecule has 0 saturated heterocycles. The van der Waals surface area contributed by atoms with E-state index in [4.69, 9.17) is 0 Å². The van der Waals surface area contributed by atoms with Crippen molar-refractivity contribution < 1.29 is 9.59 Å². The van der Waals surface area contributed by atoms with E-state index in [2.05, 4.69) is 16.6 Å². The number of aliphatic imine (C=N–C) groups is 2. The van der Waals surface area contributed by atoms with Crippen LogP contribution in [0, 0.1) is 0 Å². The summed E-state index contributed by atoms with van der Waals surface area (Å²) in [5.41, 5.74) is 2.54. The molecule has 0 heterocycles. The Hall–Kier alpha value is -2.80. The van der Waals surface area contributed by atoms with Crippen LogP contribution in [-0.4, -0.2) is 12.2 Å². The molecule has 1 atom stereocenters. The molecule has 1 aliphatic rings. The van der Waals surface area contributed by atoms with Gasteiger partial charge in [-0.05, 0) is 23.3 Å². The molecule has 0 aromatic heterocycles. The molecule has 92 valence electrons. The minimum absolute atomic E-state index is 0.306. The molecule has 0 radical (unpaired) electrons. The van der Waals surface area contributed by atoms with Crippen molar-refractivity contribution in [2.24, 2.45) is 9.98 Å². The number of isocyanates is 2. The van der Waals surface area contributed by atoms with Crippen molar-refractivity contribution in [2.45, 2.75) is 5.92 Å². The summed E-state index contributed by atoms with van der Waals surface area (Å²) in [5.74, 6) is -0.306. The second-order valence-corrected chi connectivity index (χ2v) is 3.92. The van der Waals surface area contributed by atoms with Gasteiger partial charge in [0.25, 0.3) is 0 Å². The second-order valence-electron chi connectivity index (χ2n) is 3.92. The number of allylic oxidation sites excluding steroid dienone is 4. The van der Waals surface area contributed by atoms with E-state index in [1.54, 1.807) is 24.3 Å². The van der Waals surface area contributed by atoms with Crippen molar-refractivity contribution in [3.63, 3.8) is 0 Å². The number of para-hydroxylation sites is 1. The Labute approximate surface area is 110 Å². The molecular weight excluding hydrogens is 240 g/mol. The summed E-state index contributed by atoms with van der Waals surface area (Å²) in [6, 6.07) is 7.12. The highest BCUT2D eigenvalue weighted by Crippen LogP contribution is 2.39. The Morgan fingerprint density at radius 2 is 1.84 bits per heavy atom. The Bertz CT molecular complexity index is 673. The molecule has 2 rings (SSSR count). The smallest absolute Gasteiger partial charge is 0.211 e. The van der Waals surface area contributed by atoms with Crippen LogP contribution < -0.4 is 0 Å². The van der Waals surface area contributed by atoms with E-state index in [1.165, 1.54) is 12.2 Å². The van der Waals surface area contributed by atoms with E-state index in [1.807, 2.05) is 18.2 Å². The lowest BCUT2D eigenvalue weighted by Crippen LogP contribution is -2.06. The number of rotatable bonds is 3. The van der Waals surface area contributed by atoms with Crippen molar-refractivity contribution in [3.05, 3.63) is 65.9 Å². The molecule has 1 aliphatic carbocycles. The maximum atomic E-state index is 10.5. The van der Waals surface area contributed by atoms with Crippen molar-refractivity contribution in [1.82, 2.24) is 0 Å². The number of nitrogens with zero attached hydrogens (tertiary/aromatic N) is 2. The monoisotopic (exact) mass is 250 g/mol. The third kappa shape index (κ3) is 2.55. The largest absolute Gasteiger partial charge is 0.240 e. The molecule has 0 aliphatic heterocycles. The minimum Gasteiger partial charge on any atom is -0.211 e. The lowest BCUT2D eigenvalue weighted by molar-refractivity contribution is 0.563. The quantitative estimate of drug-likeness (QED) is 0.611. The van der Waals surface area contributed by atoms with Gasteiger partial charge in [-0.2, -0.15) is 9.98 Å². The molecule has 0 amide bonds. The highest BCUT2D eigenvalue weighted by Gasteiger charge is 2.23. The van der Waals surface area contributed by atoms with E-state index in [0.717, 1.165) is 11.1 Å². The zero-order valence-electron chi connectivity index (χ0n) is 10.0. The van der Waals surface area contributed by atoms with Crippen LogP contribution in [0.4, 0.5) is 5.69 Å². The summed E-state index contributed by atoms with van der Waals surface area (Å²) in [6.07, 6.45) is 8.37. The highest BCUT2D eigenvalue weighted by molar-refractivity contribution is 5.61. The standard InChI is InChI=1S/C15H10N2O2/c1-11-5-4-8-14(17-10-19)15(11)12-6-2-3-7-13(12)16-9-18/h2-8,15H,1H2. The topological polar surface area (TPSA) is 58.9 Å².